The topological polar surface area (TPSA) is 57.1 Å². The lowest BCUT2D eigenvalue weighted by Gasteiger charge is -2.36. The van der Waals surface area contributed by atoms with Gasteiger partial charge in [-0.1, -0.05) is 38.1 Å². The standard InChI is InChI=1S/C19H31N3O2/c1-5-20-18(21-13-19(3,4)14-23)22-10-11-24-17(12-22)16-9-7-6-8-15(16)2/h6-9,17,23H,5,10-14H2,1-4H3,(H,20,21). The highest BCUT2D eigenvalue weighted by Crippen LogP contribution is 2.25. The van der Waals surface area contributed by atoms with Gasteiger partial charge in [0.25, 0.3) is 0 Å². The Morgan fingerprint density at radius 2 is 2.17 bits per heavy atom. The van der Waals surface area contributed by atoms with Crippen molar-refractivity contribution in [1.29, 1.82) is 0 Å². The van der Waals surface area contributed by atoms with Crippen LogP contribution in [0.3, 0.4) is 0 Å². The van der Waals surface area contributed by atoms with E-state index in [0.29, 0.717) is 13.2 Å². The molecule has 5 nitrogen and oxygen atoms in total. The molecule has 1 atom stereocenters. The van der Waals surface area contributed by atoms with Gasteiger partial charge in [-0.15, -0.1) is 0 Å². The van der Waals surface area contributed by atoms with Gasteiger partial charge < -0.3 is 20.1 Å². The van der Waals surface area contributed by atoms with Crippen molar-refractivity contribution < 1.29 is 9.84 Å². The molecule has 1 heterocycles. The molecule has 134 valence electrons. The molecular weight excluding hydrogens is 302 g/mol. The molecule has 1 aromatic rings. The number of nitrogens with one attached hydrogen (secondary N) is 1. The Kier molecular flexibility index (Phi) is 6.63. The molecule has 1 fully saturated rings. The molecule has 1 unspecified atom stereocenters. The monoisotopic (exact) mass is 333 g/mol. The van der Waals surface area contributed by atoms with E-state index in [-0.39, 0.29) is 18.1 Å². The Labute approximate surface area is 145 Å². The summed E-state index contributed by atoms with van der Waals surface area (Å²) in [6, 6.07) is 8.39. The molecule has 2 rings (SSSR count). The number of aryl methyl sites for hydroxylation is 1. The molecule has 2 N–H and O–H groups in total. The summed E-state index contributed by atoms with van der Waals surface area (Å²) in [5.41, 5.74) is 2.30. The van der Waals surface area contributed by atoms with E-state index in [1.807, 2.05) is 13.8 Å². The smallest absolute Gasteiger partial charge is 0.194 e. The van der Waals surface area contributed by atoms with E-state index in [1.165, 1.54) is 11.1 Å². The molecule has 24 heavy (non-hydrogen) atoms. The molecular formula is C19H31N3O2. The van der Waals surface area contributed by atoms with E-state index in [4.69, 9.17) is 9.73 Å². The molecule has 0 saturated carbocycles. The lowest BCUT2D eigenvalue weighted by molar-refractivity contribution is -0.00841. The van der Waals surface area contributed by atoms with Crippen molar-refractivity contribution in [3.8, 4) is 0 Å². The van der Waals surface area contributed by atoms with Gasteiger partial charge in [-0.3, -0.25) is 4.99 Å². The zero-order valence-electron chi connectivity index (χ0n) is 15.4. The summed E-state index contributed by atoms with van der Waals surface area (Å²) >= 11 is 0. The number of aliphatic imine (C=N–C) groups is 1. The van der Waals surface area contributed by atoms with Crippen LogP contribution in [-0.2, 0) is 4.74 Å². The van der Waals surface area contributed by atoms with Gasteiger partial charge in [0.2, 0.25) is 0 Å². The second-order valence-corrected chi connectivity index (χ2v) is 7.15. The summed E-state index contributed by atoms with van der Waals surface area (Å²) in [6.45, 7) is 12.1. The number of guanidine groups is 1. The van der Waals surface area contributed by atoms with Gasteiger partial charge in [0.1, 0.15) is 6.10 Å². The average Bonchev–Trinajstić information content (AvgIpc) is 2.59. The first-order chi connectivity index (χ1) is 11.5. The Morgan fingerprint density at radius 1 is 1.42 bits per heavy atom. The van der Waals surface area contributed by atoms with Crippen LogP contribution in [0, 0.1) is 12.3 Å². The summed E-state index contributed by atoms with van der Waals surface area (Å²) in [5.74, 6) is 0.904. The number of hydrogen-bond acceptors (Lipinski definition) is 3. The van der Waals surface area contributed by atoms with Crippen LogP contribution in [0.4, 0.5) is 0 Å². The summed E-state index contributed by atoms with van der Waals surface area (Å²) in [4.78, 5) is 7.01. The fraction of sp³-hybridized carbons (Fsp3) is 0.632. The third-order valence-corrected chi connectivity index (χ3v) is 4.32. The maximum Gasteiger partial charge on any atom is 0.194 e. The van der Waals surface area contributed by atoms with Crippen LogP contribution in [0.2, 0.25) is 0 Å². The van der Waals surface area contributed by atoms with Crippen LogP contribution in [0.25, 0.3) is 0 Å². The Morgan fingerprint density at radius 3 is 2.83 bits per heavy atom. The molecule has 1 saturated heterocycles. The van der Waals surface area contributed by atoms with E-state index in [0.717, 1.165) is 25.6 Å². The summed E-state index contributed by atoms with van der Waals surface area (Å²) in [6.07, 6.45) is 0.0645. The third kappa shape index (κ3) is 4.95. The SMILES string of the molecule is CCNC(=NCC(C)(C)CO)N1CCOC(c2ccccc2C)C1. The highest BCUT2D eigenvalue weighted by Gasteiger charge is 2.25. The van der Waals surface area contributed by atoms with Crippen LogP contribution < -0.4 is 5.32 Å². The Balaban J connectivity index is 2.12. The molecule has 0 amide bonds. The van der Waals surface area contributed by atoms with Crippen LogP contribution in [-0.4, -0.2) is 55.4 Å². The van der Waals surface area contributed by atoms with Crippen LogP contribution in [0.15, 0.2) is 29.3 Å². The van der Waals surface area contributed by atoms with Crippen molar-refractivity contribution in [2.75, 3.05) is 39.4 Å². The number of rotatable bonds is 5. The first-order valence-electron chi connectivity index (χ1n) is 8.78. The molecule has 0 radical (unpaired) electrons. The van der Waals surface area contributed by atoms with Gasteiger partial charge in [-0.25, -0.2) is 0 Å². The number of hydrogen-bond donors (Lipinski definition) is 2. The zero-order valence-corrected chi connectivity index (χ0v) is 15.4. The Bertz CT molecular complexity index is 557. The Hall–Kier alpha value is -1.59. The van der Waals surface area contributed by atoms with Gasteiger partial charge >= 0.3 is 0 Å². The number of aliphatic hydroxyl groups excluding tert-OH is 1. The maximum atomic E-state index is 9.45. The molecule has 0 aliphatic carbocycles. The van der Waals surface area contributed by atoms with Gasteiger partial charge in [0, 0.05) is 25.1 Å². The fourth-order valence-electron chi connectivity index (χ4n) is 2.74. The summed E-state index contributed by atoms with van der Waals surface area (Å²) in [7, 11) is 0. The molecule has 1 aliphatic rings. The number of ether oxygens (including phenoxy) is 1. The fourth-order valence-corrected chi connectivity index (χ4v) is 2.74. The molecule has 0 bridgehead atoms. The summed E-state index contributed by atoms with van der Waals surface area (Å²) in [5, 5.41) is 12.8. The van der Waals surface area contributed by atoms with Crippen LogP contribution >= 0.6 is 0 Å². The van der Waals surface area contributed by atoms with E-state index < -0.39 is 0 Å². The number of morpholine rings is 1. The van der Waals surface area contributed by atoms with E-state index >= 15 is 0 Å². The average molecular weight is 333 g/mol. The number of nitrogens with zero attached hydrogens (tertiary/aromatic N) is 2. The number of benzene rings is 1. The third-order valence-electron chi connectivity index (χ3n) is 4.32. The van der Waals surface area contributed by atoms with Crippen molar-refractivity contribution >= 4 is 5.96 Å². The van der Waals surface area contributed by atoms with Crippen molar-refractivity contribution in [1.82, 2.24) is 10.2 Å². The molecule has 0 aromatic heterocycles. The second kappa shape index (κ2) is 8.49. The van der Waals surface area contributed by atoms with Gasteiger partial charge in [-0.05, 0) is 25.0 Å². The highest BCUT2D eigenvalue weighted by molar-refractivity contribution is 5.80. The van der Waals surface area contributed by atoms with Gasteiger partial charge in [0.15, 0.2) is 5.96 Å². The normalized spacial score (nSPS) is 19.5. The predicted octanol–water partition coefficient (Wildman–Crippen LogP) is 2.35. The van der Waals surface area contributed by atoms with Crippen molar-refractivity contribution in [2.24, 2.45) is 10.4 Å². The van der Waals surface area contributed by atoms with Crippen molar-refractivity contribution in [3.63, 3.8) is 0 Å². The van der Waals surface area contributed by atoms with Crippen LogP contribution in [0.5, 0.6) is 0 Å². The minimum absolute atomic E-state index is 0.0645. The van der Waals surface area contributed by atoms with Crippen LogP contribution in [0.1, 0.15) is 38.0 Å². The summed E-state index contributed by atoms with van der Waals surface area (Å²) < 4.78 is 6.01. The van der Waals surface area contributed by atoms with E-state index in [2.05, 4.69) is 48.3 Å². The maximum absolute atomic E-state index is 9.45. The van der Waals surface area contributed by atoms with Crippen molar-refractivity contribution in [3.05, 3.63) is 35.4 Å². The largest absolute Gasteiger partial charge is 0.396 e. The quantitative estimate of drug-likeness (QED) is 0.641. The molecule has 1 aliphatic heterocycles. The highest BCUT2D eigenvalue weighted by atomic mass is 16.5. The first-order valence-corrected chi connectivity index (χ1v) is 8.78. The molecule has 0 spiro atoms. The second-order valence-electron chi connectivity index (χ2n) is 7.15. The number of aliphatic hydroxyl groups is 1. The zero-order chi connectivity index (χ0) is 17.6. The van der Waals surface area contributed by atoms with Gasteiger partial charge in [-0.2, -0.15) is 0 Å². The van der Waals surface area contributed by atoms with Gasteiger partial charge in [0.05, 0.1) is 19.7 Å². The lowest BCUT2D eigenvalue weighted by Crippen LogP contribution is -2.48. The first kappa shape index (κ1) is 18.7. The minimum Gasteiger partial charge on any atom is -0.396 e. The van der Waals surface area contributed by atoms with E-state index in [1.54, 1.807) is 0 Å². The lowest BCUT2D eigenvalue weighted by atomic mass is 9.95. The van der Waals surface area contributed by atoms with E-state index in [9.17, 15) is 5.11 Å². The molecule has 1 aromatic carbocycles. The minimum atomic E-state index is -0.206. The van der Waals surface area contributed by atoms with Crippen molar-refractivity contribution in [2.45, 2.75) is 33.8 Å². The predicted molar refractivity (Wildman–Crippen MR) is 98.3 cm³/mol. The molecule has 5 heteroatoms.